The molecule has 1 rings (SSSR count). The van der Waals surface area contributed by atoms with Crippen molar-refractivity contribution in [2.24, 2.45) is 0 Å². The maximum Gasteiger partial charge on any atom is 0.0611 e. The molecule has 1 aromatic heterocycles. The molecule has 0 radical (unpaired) electrons. The summed E-state index contributed by atoms with van der Waals surface area (Å²) in [7, 11) is 2.03. The van der Waals surface area contributed by atoms with Crippen molar-refractivity contribution in [3.05, 3.63) is 21.3 Å². The van der Waals surface area contributed by atoms with Crippen LogP contribution in [0, 0.1) is 0 Å². The topological polar surface area (TPSA) is 15.3 Å². The van der Waals surface area contributed by atoms with Crippen LogP contribution in [0.5, 0.6) is 0 Å². The molecule has 0 spiro atoms. The van der Waals surface area contributed by atoms with Gasteiger partial charge in [0.05, 0.1) is 11.1 Å². The first kappa shape index (κ1) is 16.0. The third-order valence-electron chi connectivity index (χ3n) is 4.02. The van der Waals surface area contributed by atoms with Gasteiger partial charge in [-0.05, 0) is 44.9 Å². The minimum absolute atomic E-state index is 0.0900. The van der Waals surface area contributed by atoms with E-state index in [1.165, 1.54) is 4.88 Å². The van der Waals surface area contributed by atoms with Crippen LogP contribution in [-0.4, -0.2) is 30.6 Å². The molecule has 0 aliphatic rings. The Hall–Kier alpha value is -0.0900. The lowest BCUT2D eigenvalue weighted by Gasteiger charge is -2.45. The summed E-state index contributed by atoms with van der Waals surface area (Å²) in [6.07, 6.45) is 1.09. The van der Waals surface area contributed by atoms with E-state index in [0.717, 1.165) is 24.5 Å². The number of thiophene rings is 1. The van der Waals surface area contributed by atoms with Gasteiger partial charge >= 0.3 is 0 Å². The number of halogens is 1. The highest BCUT2D eigenvalue weighted by Crippen LogP contribution is 2.39. The van der Waals surface area contributed by atoms with Gasteiger partial charge in [0.15, 0.2) is 0 Å². The molecule has 0 fully saturated rings. The smallest absolute Gasteiger partial charge is 0.0611 e. The average Bonchev–Trinajstić information content (AvgIpc) is 2.78. The van der Waals surface area contributed by atoms with Gasteiger partial charge in [-0.15, -0.1) is 11.3 Å². The third kappa shape index (κ3) is 2.90. The Morgan fingerprint density at radius 1 is 1.39 bits per heavy atom. The number of likely N-dealkylation sites (N-methyl/N-ethyl adjacent to an activating group) is 2. The largest absolute Gasteiger partial charge is 0.311 e. The van der Waals surface area contributed by atoms with Crippen molar-refractivity contribution < 1.29 is 0 Å². The highest BCUT2D eigenvalue weighted by molar-refractivity contribution is 7.10. The van der Waals surface area contributed by atoms with E-state index in [1.807, 2.05) is 13.1 Å². The molecule has 0 aromatic carbocycles. The molecule has 18 heavy (non-hydrogen) atoms. The Bertz CT molecular complexity index is 362. The molecule has 0 saturated heterocycles. The summed E-state index contributed by atoms with van der Waals surface area (Å²) in [5.74, 6) is 0. The number of hydrogen-bond acceptors (Lipinski definition) is 3. The summed E-state index contributed by atoms with van der Waals surface area (Å²) in [5, 5.41) is 6.42. The Balaban J connectivity index is 3.14. The third-order valence-corrected chi connectivity index (χ3v) is 5.44. The predicted octanol–water partition coefficient (Wildman–Crippen LogP) is 4.17. The molecular weight excluding hydrogens is 264 g/mol. The number of rotatable bonds is 7. The second kappa shape index (κ2) is 6.90. The summed E-state index contributed by atoms with van der Waals surface area (Å²) in [5.41, 5.74) is 0.0900. The van der Waals surface area contributed by atoms with E-state index >= 15 is 0 Å². The summed E-state index contributed by atoms with van der Waals surface area (Å²) < 4.78 is 0. The van der Waals surface area contributed by atoms with Crippen LogP contribution in [0.25, 0.3) is 0 Å². The van der Waals surface area contributed by atoms with Crippen LogP contribution in [0.2, 0.25) is 5.02 Å². The highest BCUT2D eigenvalue weighted by Gasteiger charge is 2.38. The lowest BCUT2D eigenvalue weighted by Crippen LogP contribution is -2.53. The maximum atomic E-state index is 6.32. The zero-order valence-corrected chi connectivity index (χ0v) is 13.7. The maximum absolute atomic E-state index is 6.32. The minimum Gasteiger partial charge on any atom is -0.311 e. The van der Waals surface area contributed by atoms with Crippen LogP contribution in [-0.2, 0) is 0 Å². The van der Waals surface area contributed by atoms with Crippen molar-refractivity contribution in [2.75, 3.05) is 20.1 Å². The second-order valence-corrected chi connectivity index (χ2v) is 6.09. The van der Waals surface area contributed by atoms with Gasteiger partial charge in [-0.2, -0.15) is 0 Å². The van der Waals surface area contributed by atoms with Crippen LogP contribution in [0.1, 0.15) is 45.0 Å². The van der Waals surface area contributed by atoms with Crippen LogP contribution >= 0.6 is 22.9 Å². The predicted molar refractivity (Wildman–Crippen MR) is 82.7 cm³/mol. The molecule has 1 aromatic rings. The van der Waals surface area contributed by atoms with E-state index in [-0.39, 0.29) is 11.6 Å². The van der Waals surface area contributed by atoms with Crippen molar-refractivity contribution in [3.8, 4) is 0 Å². The van der Waals surface area contributed by atoms with E-state index < -0.39 is 0 Å². The van der Waals surface area contributed by atoms with Crippen molar-refractivity contribution in [3.63, 3.8) is 0 Å². The van der Waals surface area contributed by atoms with Gasteiger partial charge in [-0.3, -0.25) is 4.90 Å². The lowest BCUT2D eigenvalue weighted by molar-refractivity contribution is 0.0741. The van der Waals surface area contributed by atoms with Crippen molar-refractivity contribution >= 4 is 22.9 Å². The molecule has 0 aliphatic heterocycles. The fraction of sp³-hybridized carbons (Fsp3) is 0.714. The first-order chi connectivity index (χ1) is 8.54. The second-order valence-electron chi connectivity index (χ2n) is 4.74. The van der Waals surface area contributed by atoms with Gasteiger partial charge in [-0.25, -0.2) is 0 Å². The quantitative estimate of drug-likeness (QED) is 0.810. The first-order valence-corrected chi connectivity index (χ1v) is 7.96. The van der Waals surface area contributed by atoms with E-state index in [9.17, 15) is 0 Å². The molecule has 1 heterocycles. The molecule has 0 bridgehead atoms. The SMILES string of the molecule is CCN(CC)C(C)(CC)C(NC)c1sccc1Cl. The first-order valence-electron chi connectivity index (χ1n) is 6.70. The zero-order valence-electron chi connectivity index (χ0n) is 12.1. The van der Waals surface area contributed by atoms with Crippen LogP contribution < -0.4 is 5.32 Å². The fourth-order valence-electron chi connectivity index (χ4n) is 2.79. The number of hydrogen-bond donors (Lipinski definition) is 1. The summed E-state index contributed by atoms with van der Waals surface area (Å²) in [6, 6.07) is 2.26. The molecule has 104 valence electrons. The van der Waals surface area contributed by atoms with Crippen molar-refractivity contribution in [1.82, 2.24) is 10.2 Å². The normalized spacial score (nSPS) is 16.8. The minimum atomic E-state index is 0.0900. The summed E-state index contributed by atoms with van der Waals surface area (Å²) >= 11 is 8.06. The molecule has 4 heteroatoms. The van der Waals surface area contributed by atoms with Crippen molar-refractivity contribution in [2.45, 2.75) is 45.7 Å². The van der Waals surface area contributed by atoms with Crippen LogP contribution in [0.3, 0.4) is 0 Å². The van der Waals surface area contributed by atoms with Crippen molar-refractivity contribution in [1.29, 1.82) is 0 Å². The number of nitrogens with one attached hydrogen (secondary N) is 1. The van der Waals surface area contributed by atoms with Gasteiger partial charge in [-0.1, -0.05) is 32.4 Å². The highest BCUT2D eigenvalue weighted by atomic mass is 35.5. The Morgan fingerprint density at radius 2 is 2.00 bits per heavy atom. The molecule has 0 amide bonds. The molecule has 0 aliphatic carbocycles. The van der Waals surface area contributed by atoms with Gasteiger partial charge in [0.25, 0.3) is 0 Å². The zero-order chi connectivity index (χ0) is 13.8. The molecule has 1 N–H and O–H groups in total. The molecule has 2 nitrogen and oxygen atoms in total. The Kier molecular flexibility index (Phi) is 6.12. The van der Waals surface area contributed by atoms with Gasteiger partial charge in [0.1, 0.15) is 0 Å². The van der Waals surface area contributed by atoms with E-state index in [0.29, 0.717) is 0 Å². The van der Waals surface area contributed by atoms with Gasteiger partial charge < -0.3 is 5.32 Å². The van der Waals surface area contributed by atoms with E-state index in [1.54, 1.807) is 11.3 Å². The van der Waals surface area contributed by atoms with E-state index in [4.69, 9.17) is 11.6 Å². The van der Waals surface area contributed by atoms with Crippen LogP contribution in [0.15, 0.2) is 11.4 Å². The fourth-order valence-corrected chi connectivity index (χ4v) is 4.21. The van der Waals surface area contributed by atoms with Crippen LogP contribution in [0.4, 0.5) is 0 Å². The van der Waals surface area contributed by atoms with E-state index in [2.05, 4.69) is 43.3 Å². The summed E-state index contributed by atoms with van der Waals surface area (Å²) in [6.45, 7) is 11.1. The number of nitrogens with zero attached hydrogens (tertiary/aromatic N) is 1. The van der Waals surface area contributed by atoms with Gasteiger partial charge in [0, 0.05) is 10.4 Å². The molecule has 2 unspecified atom stereocenters. The van der Waals surface area contributed by atoms with Gasteiger partial charge in [0.2, 0.25) is 0 Å². The average molecular weight is 289 g/mol. The standard InChI is InChI=1S/C14H25ClN2S/c1-6-14(4,17(7-2)8-3)13(16-5)12-11(15)9-10-18-12/h9-10,13,16H,6-8H2,1-5H3. The lowest BCUT2D eigenvalue weighted by atomic mass is 9.86. The molecular formula is C14H25ClN2S. The monoisotopic (exact) mass is 288 g/mol. The Morgan fingerprint density at radius 3 is 2.33 bits per heavy atom. The molecule has 2 atom stereocenters. The molecule has 0 saturated carbocycles. The summed E-state index contributed by atoms with van der Waals surface area (Å²) in [4.78, 5) is 3.76. The Labute approximate surface area is 120 Å².